The second-order valence-electron chi connectivity index (χ2n) is 8.52. The number of pyridine rings is 2. The maximum atomic E-state index is 13.1. The number of methoxy groups -OCH3 is 1. The predicted octanol–water partition coefficient (Wildman–Crippen LogP) is 3.38. The van der Waals surface area contributed by atoms with Crippen molar-refractivity contribution >= 4 is 33.6 Å². The van der Waals surface area contributed by atoms with Crippen LogP contribution >= 0.6 is 0 Å². The fourth-order valence-electron chi connectivity index (χ4n) is 4.37. The van der Waals surface area contributed by atoms with Crippen molar-refractivity contribution in [1.29, 1.82) is 0 Å². The van der Waals surface area contributed by atoms with E-state index in [1.54, 1.807) is 38.5 Å². The second kappa shape index (κ2) is 8.94. The Morgan fingerprint density at radius 2 is 1.92 bits per heavy atom. The van der Waals surface area contributed by atoms with Crippen LogP contribution in [0.3, 0.4) is 0 Å². The fourth-order valence-corrected chi connectivity index (χ4v) is 4.37. The summed E-state index contributed by atoms with van der Waals surface area (Å²) in [7, 11) is 3.19. The number of aryl methyl sites for hydroxylation is 2. The number of hydrogen-bond donors (Lipinski definition) is 1. The SMILES string of the molecule is COc1cc(-c2cc3cn(C)nc3c(C)c2OC(=O)C(F)(F)F)nc2ncc(N3CCNCC3)cc12. The molecule has 0 spiro atoms. The van der Waals surface area contributed by atoms with Gasteiger partial charge in [-0.3, -0.25) is 4.68 Å². The molecule has 0 saturated carbocycles. The Morgan fingerprint density at radius 3 is 2.61 bits per heavy atom. The van der Waals surface area contributed by atoms with Crippen molar-refractivity contribution in [3.05, 3.63) is 36.2 Å². The largest absolute Gasteiger partial charge is 0.496 e. The van der Waals surface area contributed by atoms with Gasteiger partial charge in [-0.2, -0.15) is 18.3 Å². The highest BCUT2D eigenvalue weighted by Crippen LogP contribution is 2.40. The molecule has 1 aromatic carbocycles. The maximum absolute atomic E-state index is 13.1. The molecule has 1 fully saturated rings. The summed E-state index contributed by atoms with van der Waals surface area (Å²) >= 11 is 0. The number of carbonyl (C=O) groups is 1. The van der Waals surface area contributed by atoms with Crippen molar-refractivity contribution in [3.63, 3.8) is 0 Å². The van der Waals surface area contributed by atoms with Crippen molar-refractivity contribution in [1.82, 2.24) is 25.1 Å². The number of nitrogens with one attached hydrogen (secondary N) is 1. The number of hydrogen-bond acceptors (Lipinski definition) is 8. The van der Waals surface area contributed by atoms with Crippen LogP contribution in [0.1, 0.15) is 5.56 Å². The maximum Gasteiger partial charge on any atom is 0.491 e. The molecule has 36 heavy (non-hydrogen) atoms. The summed E-state index contributed by atoms with van der Waals surface area (Å²) in [6.45, 7) is 4.94. The minimum Gasteiger partial charge on any atom is -0.496 e. The van der Waals surface area contributed by atoms with Gasteiger partial charge in [-0.15, -0.1) is 0 Å². The van der Waals surface area contributed by atoms with Gasteiger partial charge in [0.25, 0.3) is 0 Å². The topological polar surface area (TPSA) is 94.4 Å². The lowest BCUT2D eigenvalue weighted by molar-refractivity contribution is -0.189. The number of halogens is 3. The van der Waals surface area contributed by atoms with Crippen molar-refractivity contribution in [2.75, 3.05) is 38.2 Å². The lowest BCUT2D eigenvalue weighted by Crippen LogP contribution is -2.43. The zero-order valence-electron chi connectivity index (χ0n) is 19.8. The first-order valence-corrected chi connectivity index (χ1v) is 11.2. The van der Waals surface area contributed by atoms with Gasteiger partial charge < -0.3 is 19.7 Å². The van der Waals surface area contributed by atoms with E-state index < -0.39 is 12.1 Å². The molecule has 12 heteroatoms. The summed E-state index contributed by atoms with van der Waals surface area (Å²) < 4.78 is 51.3. The molecule has 3 aromatic heterocycles. The van der Waals surface area contributed by atoms with Crippen LogP contribution < -0.4 is 19.7 Å². The number of carbonyl (C=O) groups excluding carboxylic acids is 1. The van der Waals surface area contributed by atoms with Gasteiger partial charge in [0.1, 0.15) is 11.5 Å². The molecule has 5 rings (SSSR count). The van der Waals surface area contributed by atoms with Crippen LogP contribution in [-0.4, -0.2) is 65.2 Å². The van der Waals surface area contributed by atoms with E-state index in [0.29, 0.717) is 27.7 Å². The number of rotatable bonds is 4. The molecule has 4 heterocycles. The Hall–Kier alpha value is -3.93. The normalized spacial score (nSPS) is 14.4. The van der Waals surface area contributed by atoms with E-state index in [2.05, 4.69) is 25.3 Å². The lowest BCUT2D eigenvalue weighted by Gasteiger charge is -2.29. The van der Waals surface area contributed by atoms with E-state index >= 15 is 0 Å². The number of benzene rings is 1. The average Bonchev–Trinajstić information content (AvgIpc) is 3.25. The van der Waals surface area contributed by atoms with E-state index in [-0.39, 0.29) is 22.6 Å². The second-order valence-corrected chi connectivity index (χ2v) is 8.52. The Kier molecular flexibility index (Phi) is 5.91. The summed E-state index contributed by atoms with van der Waals surface area (Å²) in [5.41, 5.74) is 2.41. The van der Waals surface area contributed by atoms with Crippen LogP contribution in [0.25, 0.3) is 33.2 Å². The van der Waals surface area contributed by atoms with E-state index in [4.69, 9.17) is 9.47 Å². The molecule has 4 aromatic rings. The Balaban J connectivity index is 1.68. The molecule has 0 unspecified atom stereocenters. The van der Waals surface area contributed by atoms with Gasteiger partial charge >= 0.3 is 12.1 Å². The minimum atomic E-state index is -5.17. The molecule has 1 saturated heterocycles. The van der Waals surface area contributed by atoms with Gasteiger partial charge in [-0.05, 0) is 19.1 Å². The molecular weight excluding hydrogens is 477 g/mol. The summed E-state index contributed by atoms with van der Waals surface area (Å²) in [6.07, 6.45) is -1.74. The molecule has 188 valence electrons. The first kappa shape index (κ1) is 23.8. The summed E-state index contributed by atoms with van der Waals surface area (Å²) in [6, 6.07) is 5.13. The van der Waals surface area contributed by atoms with Crippen LogP contribution in [0.2, 0.25) is 0 Å². The highest BCUT2D eigenvalue weighted by atomic mass is 19.4. The zero-order valence-corrected chi connectivity index (χ0v) is 19.8. The van der Waals surface area contributed by atoms with Gasteiger partial charge in [0.05, 0.1) is 35.6 Å². The monoisotopic (exact) mass is 500 g/mol. The minimum absolute atomic E-state index is 0.193. The number of nitrogens with zero attached hydrogens (tertiary/aromatic N) is 5. The number of fused-ring (bicyclic) bond motifs is 2. The van der Waals surface area contributed by atoms with Gasteiger partial charge in [-0.1, -0.05) is 0 Å². The van der Waals surface area contributed by atoms with E-state index in [0.717, 1.165) is 31.9 Å². The fraction of sp³-hybridized carbons (Fsp3) is 0.333. The molecule has 1 aliphatic rings. The number of esters is 1. The lowest BCUT2D eigenvalue weighted by atomic mass is 10.0. The van der Waals surface area contributed by atoms with Crippen LogP contribution in [0.5, 0.6) is 11.5 Å². The number of alkyl halides is 3. The quantitative estimate of drug-likeness (QED) is 0.337. The van der Waals surface area contributed by atoms with Gasteiger partial charge in [0, 0.05) is 62.0 Å². The number of aromatic nitrogens is 4. The Bertz CT molecular complexity index is 1480. The molecule has 0 aliphatic carbocycles. The number of piperazine rings is 1. The van der Waals surface area contributed by atoms with Gasteiger partial charge in [-0.25, -0.2) is 14.8 Å². The van der Waals surface area contributed by atoms with Crippen molar-refractivity contribution in [2.24, 2.45) is 7.05 Å². The van der Waals surface area contributed by atoms with Crippen molar-refractivity contribution in [2.45, 2.75) is 13.1 Å². The van der Waals surface area contributed by atoms with Crippen LogP contribution in [0.15, 0.2) is 30.6 Å². The number of ether oxygens (including phenoxy) is 2. The van der Waals surface area contributed by atoms with Crippen LogP contribution in [0, 0.1) is 6.92 Å². The summed E-state index contributed by atoms with van der Waals surface area (Å²) in [5.74, 6) is -2.15. The molecule has 1 aliphatic heterocycles. The molecular formula is C24H23F3N6O3. The van der Waals surface area contributed by atoms with Crippen molar-refractivity contribution < 1.29 is 27.4 Å². The molecule has 9 nitrogen and oxygen atoms in total. The smallest absolute Gasteiger partial charge is 0.491 e. The molecule has 0 radical (unpaired) electrons. The highest BCUT2D eigenvalue weighted by Gasteiger charge is 2.42. The van der Waals surface area contributed by atoms with E-state index in [9.17, 15) is 18.0 Å². The van der Waals surface area contributed by atoms with Crippen LogP contribution in [-0.2, 0) is 11.8 Å². The highest BCUT2D eigenvalue weighted by molar-refractivity contribution is 5.95. The standard InChI is InChI=1S/C24H23F3N6O3/c1-13-20-14(12-32(2)31-20)8-16(21(13)36-23(34)24(25,26)27)18-10-19(35-3)17-9-15(11-29-22(17)30-18)33-6-4-28-5-7-33/h8-12,28H,4-7H2,1-3H3. The molecule has 1 N–H and O–H groups in total. The third-order valence-electron chi connectivity index (χ3n) is 6.11. The Labute approximate surface area is 203 Å². The third-order valence-corrected chi connectivity index (χ3v) is 6.11. The van der Waals surface area contributed by atoms with E-state index in [1.165, 1.54) is 11.8 Å². The first-order valence-electron chi connectivity index (χ1n) is 11.2. The molecule has 0 atom stereocenters. The Morgan fingerprint density at radius 1 is 1.17 bits per heavy atom. The molecule has 0 bridgehead atoms. The van der Waals surface area contributed by atoms with Crippen molar-refractivity contribution in [3.8, 4) is 22.8 Å². The van der Waals surface area contributed by atoms with Crippen LogP contribution in [0.4, 0.5) is 18.9 Å². The van der Waals surface area contributed by atoms with Gasteiger partial charge in [0.15, 0.2) is 5.65 Å². The summed E-state index contributed by atoms with van der Waals surface area (Å²) in [5, 5.41) is 8.91. The predicted molar refractivity (Wildman–Crippen MR) is 127 cm³/mol. The number of anilines is 1. The average molecular weight is 500 g/mol. The zero-order chi connectivity index (χ0) is 25.6. The third kappa shape index (κ3) is 4.28. The van der Waals surface area contributed by atoms with E-state index in [1.807, 2.05) is 6.07 Å². The summed E-state index contributed by atoms with van der Waals surface area (Å²) in [4.78, 5) is 23.1. The molecule has 0 amide bonds. The first-order chi connectivity index (χ1) is 17.2. The van der Waals surface area contributed by atoms with Gasteiger partial charge in [0.2, 0.25) is 0 Å².